The lowest BCUT2D eigenvalue weighted by Gasteiger charge is -2.18. The lowest BCUT2D eigenvalue weighted by molar-refractivity contribution is 0.129. The van der Waals surface area contributed by atoms with Crippen molar-refractivity contribution in [2.75, 3.05) is 6.61 Å². The van der Waals surface area contributed by atoms with Gasteiger partial charge < -0.3 is 9.84 Å². The SMILES string of the molecule is Cc1cc(C)cc(CC(O)C2COc3ccccc32)c1. The lowest BCUT2D eigenvalue weighted by atomic mass is 9.90. The molecule has 1 heterocycles. The van der Waals surface area contributed by atoms with Crippen LogP contribution in [0, 0.1) is 13.8 Å². The van der Waals surface area contributed by atoms with Crippen molar-refractivity contribution >= 4 is 0 Å². The van der Waals surface area contributed by atoms with Crippen LogP contribution in [0.25, 0.3) is 0 Å². The zero-order valence-corrected chi connectivity index (χ0v) is 12.0. The standard InChI is InChI=1S/C18H20O2/c1-12-7-13(2)9-14(8-12)10-17(19)16-11-20-18-6-4-3-5-15(16)18/h3-9,16-17,19H,10-11H2,1-2H3. The number of aliphatic hydroxyl groups excluding tert-OH is 1. The summed E-state index contributed by atoms with van der Waals surface area (Å²) in [7, 11) is 0. The predicted molar refractivity (Wildman–Crippen MR) is 80.3 cm³/mol. The van der Waals surface area contributed by atoms with E-state index in [2.05, 4.69) is 38.1 Å². The zero-order chi connectivity index (χ0) is 14.1. The number of aliphatic hydroxyl groups is 1. The van der Waals surface area contributed by atoms with Crippen molar-refractivity contribution in [1.82, 2.24) is 0 Å². The number of hydrogen-bond donors (Lipinski definition) is 1. The molecule has 0 saturated heterocycles. The van der Waals surface area contributed by atoms with Crippen LogP contribution in [-0.4, -0.2) is 17.8 Å². The Balaban J connectivity index is 1.79. The second-order valence-electron chi connectivity index (χ2n) is 5.72. The van der Waals surface area contributed by atoms with Gasteiger partial charge in [0.05, 0.1) is 12.7 Å². The van der Waals surface area contributed by atoms with Crippen molar-refractivity contribution in [1.29, 1.82) is 0 Å². The van der Waals surface area contributed by atoms with Crippen LogP contribution in [0.1, 0.15) is 28.2 Å². The van der Waals surface area contributed by atoms with Gasteiger partial charge in [-0.3, -0.25) is 0 Å². The van der Waals surface area contributed by atoms with Gasteiger partial charge in [0.15, 0.2) is 0 Å². The van der Waals surface area contributed by atoms with Crippen LogP contribution in [0.3, 0.4) is 0 Å². The summed E-state index contributed by atoms with van der Waals surface area (Å²) >= 11 is 0. The van der Waals surface area contributed by atoms with Gasteiger partial charge in [-0.2, -0.15) is 0 Å². The maximum atomic E-state index is 10.6. The van der Waals surface area contributed by atoms with Crippen molar-refractivity contribution in [2.45, 2.75) is 32.3 Å². The summed E-state index contributed by atoms with van der Waals surface area (Å²) in [4.78, 5) is 0. The number of rotatable bonds is 3. The topological polar surface area (TPSA) is 29.5 Å². The van der Waals surface area contributed by atoms with Crippen LogP contribution in [0.15, 0.2) is 42.5 Å². The smallest absolute Gasteiger partial charge is 0.123 e. The first kappa shape index (κ1) is 13.2. The minimum absolute atomic E-state index is 0.0759. The Bertz CT molecular complexity index is 598. The summed E-state index contributed by atoms with van der Waals surface area (Å²) in [5.74, 6) is 0.990. The van der Waals surface area contributed by atoms with E-state index in [9.17, 15) is 5.11 Å². The van der Waals surface area contributed by atoms with Gasteiger partial charge in [-0.05, 0) is 31.9 Å². The molecule has 20 heavy (non-hydrogen) atoms. The van der Waals surface area contributed by atoms with Gasteiger partial charge in [-0.25, -0.2) is 0 Å². The molecule has 2 aromatic carbocycles. The molecule has 0 radical (unpaired) electrons. The van der Waals surface area contributed by atoms with E-state index >= 15 is 0 Å². The molecule has 0 aliphatic carbocycles. The molecule has 0 bridgehead atoms. The van der Waals surface area contributed by atoms with E-state index in [1.165, 1.54) is 16.7 Å². The first-order chi connectivity index (χ1) is 9.63. The number of para-hydroxylation sites is 1. The van der Waals surface area contributed by atoms with E-state index in [0.29, 0.717) is 13.0 Å². The number of aryl methyl sites for hydroxylation is 2. The van der Waals surface area contributed by atoms with E-state index in [4.69, 9.17) is 4.74 Å². The fourth-order valence-corrected chi connectivity index (χ4v) is 3.08. The molecule has 0 aromatic heterocycles. The molecule has 2 heteroatoms. The molecule has 2 nitrogen and oxygen atoms in total. The summed E-state index contributed by atoms with van der Waals surface area (Å²) in [6, 6.07) is 14.5. The van der Waals surface area contributed by atoms with Crippen LogP contribution >= 0.6 is 0 Å². The molecule has 2 atom stereocenters. The molecule has 1 aliphatic rings. The van der Waals surface area contributed by atoms with Crippen molar-refractivity contribution in [2.24, 2.45) is 0 Å². The lowest BCUT2D eigenvalue weighted by Crippen LogP contribution is -2.22. The average molecular weight is 268 g/mol. The van der Waals surface area contributed by atoms with Crippen molar-refractivity contribution < 1.29 is 9.84 Å². The number of benzene rings is 2. The Morgan fingerprint density at radius 1 is 1.15 bits per heavy atom. The third-order valence-electron chi connectivity index (χ3n) is 3.93. The maximum absolute atomic E-state index is 10.6. The molecule has 2 unspecified atom stereocenters. The third-order valence-corrected chi connectivity index (χ3v) is 3.93. The van der Waals surface area contributed by atoms with Crippen LogP contribution in [0.4, 0.5) is 0 Å². The van der Waals surface area contributed by atoms with Crippen molar-refractivity contribution in [3.63, 3.8) is 0 Å². The Morgan fingerprint density at radius 3 is 2.60 bits per heavy atom. The first-order valence-corrected chi connectivity index (χ1v) is 7.10. The third kappa shape index (κ3) is 2.56. The predicted octanol–water partition coefficient (Wildman–Crippen LogP) is 3.38. The summed E-state index contributed by atoms with van der Waals surface area (Å²) in [5.41, 5.74) is 4.81. The molecule has 1 N–H and O–H groups in total. The fourth-order valence-electron chi connectivity index (χ4n) is 3.08. The highest BCUT2D eigenvalue weighted by Crippen LogP contribution is 2.36. The fraction of sp³-hybridized carbons (Fsp3) is 0.333. The quantitative estimate of drug-likeness (QED) is 0.924. The molecule has 104 valence electrons. The molecule has 0 spiro atoms. The van der Waals surface area contributed by atoms with E-state index < -0.39 is 6.10 Å². The van der Waals surface area contributed by atoms with Gasteiger partial charge in [0, 0.05) is 11.5 Å². The van der Waals surface area contributed by atoms with Crippen molar-refractivity contribution in [3.8, 4) is 5.75 Å². The van der Waals surface area contributed by atoms with E-state index in [1.807, 2.05) is 18.2 Å². The summed E-state index contributed by atoms with van der Waals surface area (Å²) in [6.07, 6.45) is 0.269. The molecular formula is C18H20O2. The molecule has 0 fully saturated rings. The van der Waals surface area contributed by atoms with Gasteiger partial charge in [-0.1, -0.05) is 47.5 Å². The van der Waals surface area contributed by atoms with Gasteiger partial charge in [0.1, 0.15) is 5.75 Å². The molecule has 1 aliphatic heterocycles. The minimum Gasteiger partial charge on any atom is -0.493 e. The van der Waals surface area contributed by atoms with Gasteiger partial charge in [0.2, 0.25) is 0 Å². The van der Waals surface area contributed by atoms with E-state index in [-0.39, 0.29) is 5.92 Å². The maximum Gasteiger partial charge on any atom is 0.123 e. The van der Waals surface area contributed by atoms with Gasteiger partial charge in [-0.15, -0.1) is 0 Å². The second-order valence-corrected chi connectivity index (χ2v) is 5.72. The van der Waals surface area contributed by atoms with E-state index in [1.54, 1.807) is 0 Å². The zero-order valence-electron chi connectivity index (χ0n) is 12.0. The molecule has 2 aromatic rings. The molecular weight excluding hydrogens is 248 g/mol. The molecule has 0 saturated carbocycles. The Kier molecular flexibility index (Phi) is 3.49. The molecule has 3 rings (SSSR count). The summed E-state index contributed by atoms with van der Waals surface area (Å²) in [5, 5.41) is 10.6. The largest absolute Gasteiger partial charge is 0.493 e. The van der Waals surface area contributed by atoms with Crippen LogP contribution < -0.4 is 4.74 Å². The van der Waals surface area contributed by atoms with Gasteiger partial charge in [0.25, 0.3) is 0 Å². The number of ether oxygens (including phenoxy) is 1. The van der Waals surface area contributed by atoms with E-state index in [0.717, 1.165) is 11.3 Å². The highest BCUT2D eigenvalue weighted by molar-refractivity contribution is 5.40. The Morgan fingerprint density at radius 2 is 1.85 bits per heavy atom. The summed E-state index contributed by atoms with van der Waals surface area (Å²) in [6.45, 7) is 4.76. The van der Waals surface area contributed by atoms with Gasteiger partial charge >= 0.3 is 0 Å². The number of fused-ring (bicyclic) bond motifs is 1. The summed E-state index contributed by atoms with van der Waals surface area (Å²) < 4.78 is 5.66. The highest BCUT2D eigenvalue weighted by atomic mass is 16.5. The first-order valence-electron chi connectivity index (χ1n) is 7.10. The highest BCUT2D eigenvalue weighted by Gasteiger charge is 2.30. The Hall–Kier alpha value is -1.80. The minimum atomic E-state index is -0.403. The Labute approximate surface area is 120 Å². The van der Waals surface area contributed by atoms with Crippen LogP contribution in [-0.2, 0) is 6.42 Å². The number of hydrogen-bond acceptors (Lipinski definition) is 2. The van der Waals surface area contributed by atoms with Crippen LogP contribution in [0.5, 0.6) is 5.75 Å². The second kappa shape index (κ2) is 5.29. The van der Waals surface area contributed by atoms with Crippen LogP contribution in [0.2, 0.25) is 0 Å². The average Bonchev–Trinajstić information content (AvgIpc) is 2.81. The van der Waals surface area contributed by atoms with Crippen molar-refractivity contribution in [3.05, 3.63) is 64.7 Å². The molecule has 0 amide bonds. The normalized spacial score (nSPS) is 18.4. The monoisotopic (exact) mass is 268 g/mol.